The Bertz CT molecular complexity index is 175. The Kier molecular flexibility index (Phi) is 4.89. The summed E-state index contributed by atoms with van der Waals surface area (Å²) < 4.78 is 4.35. The lowest BCUT2D eigenvalue weighted by atomic mass is 10.2. The average molecular weight is 158 g/mol. The normalized spacial score (nSPS) is 11.5. The number of carbonyl (C=O) groups excluding carboxylic acids is 1. The summed E-state index contributed by atoms with van der Waals surface area (Å²) in [6.07, 6.45) is 0.0789. The Balaban J connectivity index is 3.59. The Labute approximate surface area is 63.9 Å². The van der Waals surface area contributed by atoms with Gasteiger partial charge in [-0.3, -0.25) is 4.79 Å². The smallest absolute Gasteiger partial charge is 0.307 e. The van der Waals surface area contributed by atoms with Crippen molar-refractivity contribution in [1.29, 1.82) is 0 Å². The van der Waals surface area contributed by atoms with E-state index in [0.29, 0.717) is 0 Å². The fourth-order valence-electron chi connectivity index (χ4n) is 0.503. The van der Waals surface area contributed by atoms with Gasteiger partial charge in [0.2, 0.25) is 0 Å². The largest absolute Gasteiger partial charge is 0.469 e. The van der Waals surface area contributed by atoms with Crippen LogP contribution in [-0.4, -0.2) is 25.7 Å². The maximum atomic E-state index is 10.5. The third-order valence-electron chi connectivity index (χ3n) is 1.04. The van der Waals surface area contributed by atoms with Crippen LogP contribution in [0, 0.1) is 0 Å². The molecular formula is C5H10N4O2. The molecule has 0 aromatic heterocycles. The third kappa shape index (κ3) is 5.20. The Hall–Kier alpha value is -1.26. The number of carbonyl (C=O) groups is 1. The Morgan fingerprint density at radius 3 is 3.00 bits per heavy atom. The van der Waals surface area contributed by atoms with Crippen molar-refractivity contribution in [3.8, 4) is 0 Å². The number of hydrogen-bond acceptors (Lipinski definition) is 4. The van der Waals surface area contributed by atoms with Crippen LogP contribution >= 0.6 is 0 Å². The minimum absolute atomic E-state index is 0.0789. The maximum Gasteiger partial charge on any atom is 0.307 e. The van der Waals surface area contributed by atoms with Crippen LogP contribution in [0.5, 0.6) is 0 Å². The van der Waals surface area contributed by atoms with Crippen LogP contribution in [0.1, 0.15) is 6.42 Å². The third-order valence-corrected chi connectivity index (χ3v) is 1.04. The number of hydrogen-bond donors (Lipinski definition) is 1. The first-order valence-electron chi connectivity index (χ1n) is 3.04. The number of azide groups is 1. The second kappa shape index (κ2) is 5.52. The number of methoxy groups -OCH3 is 1. The van der Waals surface area contributed by atoms with Gasteiger partial charge < -0.3 is 10.5 Å². The molecule has 0 spiro atoms. The molecule has 0 radical (unpaired) electrons. The van der Waals surface area contributed by atoms with Crippen LogP contribution in [0.4, 0.5) is 0 Å². The first-order chi connectivity index (χ1) is 5.20. The Morgan fingerprint density at radius 2 is 2.55 bits per heavy atom. The van der Waals surface area contributed by atoms with Gasteiger partial charge in [-0.2, -0.15) is 0 Å². The molecule has 0 unspecified atom stereocenters. The molecule has 0 aromatic rings. The molecule has 0 fully saturated rings. The van der Waals surface area contributed by atoms with Gasteiger partial charge in [0.05, 0.1) is 13.5 Å². The van der Waals surface area contributed by atoms with E-state index in [9.17, 15) is 4.79 Å². The summed E-state index contributed by atoms with van der Waals surface area (Å²) in [5.41, 5.74) is 13.3. The Morgan fingerprint density at radius 1 is 1.91 bits per heavy atom. The zero-order chi connectivity index (χ0) is 8.69. The lowest BCUT2D eigenvalue weighted by Gasteiger charge is -2.04. The molecule has 0 heterocycles. The van der Waals surface area contributed by atoms with Gasteiger partial charge in [0.1, 0.15) is 0 Å². The van der Waals surface area contributed by atoms with Crippen molar-refractivity contribution in [3.63, 3.8) is 0 Å². The van der Waals surface area contributed by atoms with Gasteiger partial charge in [0.25, 0.3) is 0 Å². The molecule has 0 bridgehead atoms. The predicted molar refractivity (Wildman–Crippen MR) is 38.6 cm³/mol. The van der Waals surface area contributed by atoms with Crippen molar-refractivity contribution in [3.05, 3.63) is 10.4 Å². The molecule has 1 atom stereocenters. The molecular weight excluding hydrogens is 148 g/mol. The molecule has 0 aliphatic carbocycles. The summed E-state index contributed by atoms with van der Waals surface area (Å²) >= 11 is 0. The molecule has 0 saturated heterocycles. The van der Waals surface area contributed by atoms with E-state index in [-0.39, 0.29) is 13.0 Å². The fourth-order valence-corrected chi connectivity index (χ4v) is 0.503. The molecule has 0 aliphatic rings. The van der Waals surface area contributed by atoms with E-state index < -0.39 is 12.0 Å². The van der Waals surface area contributed by atoms with Crippen LogP contribution in [0.3, 0.4) is 0 Å². The van der Waals surface area contributed by atoms with E-state index in [1.165, 1.54) is 7.11 Å². The number of nitrogens with zero attached hydrogens (tertiary/aromatic N) is 3. The molecule has 62 valence electrons. The van der Waals surface area contributed by atoms with Crippen LogP contribution in [0.15, 0.2) is 5.11 Å². The number of esters is 1. The van der Waals surface area contributed by atoms with Crippen LogP contribution in [-0.2, 0) is 9.53 Å². The zero-order valence-electron chi connectivity index (χ0n) is 6.23. The van der Waals surface area contributed by atoms with E-state index in [2.05, 4.69) is 14.8 Å². The quantitative estimate of drug-likeness (QED) is 0.273. The maximum absolute atomic E-state index is 10.5. The summed E-state index contributed by atoms with van der Waals surface area (Å²) in [4.78, 5) is 13.1. The van der Waals surface area contributed by atoms with Crippen molar-refractivity contribution in [2.24, 2.45) is 10.8 Å². The highest BCUT2D eigenvalue weighted by atomic mass is 16.5. The minimum atomic E-state index is -0.446. The van der Waals surface area contributed by atoms with Crippen LogP contribution in [0.25, 0.3) is 10.4 Å². The molecule has 2 N–H and O–H groups in total. The second-order valence-electron chi connectivity index (χ2n) is 1.95. The van der Waals surface area contributed by atoms with Gasteiger partial charge >= 0.3 is 5.97 Å². The molecule has 0 rings (SSSR count). The lowest BCUT2D eigenvalue weighted by molar-refractivity contribution is -0.140. The number of rotatable bonds is 4. The standard InChI is InChI=1S/C5H10N4O2/c1-11-5(10)2-4(6)3-8-9-7/h4H,2-3,6H2,1H3/t4-/m0/s1. The number of nitrogens with two attached hydrogens (primary N) is 1. The summed E-state index contributed by atoms with van der Waals surface area (Å²) in [5.74, 6) is -0.398. The highest BCUT2D eigenvalue weighted by molar-refractivity contribution is 5.69. The second-order valence-corrected chi connectivity index (χ2v) is 1.95. The summed E-state index contributed by atoms with van der Waals surface area (Å²) in [6.45, 7) is 0.117. The van der Waals surface area contributed by atoms with Gasteiger partial charge in [-0.15, -0.1) is 0 Å². The number of ether oxygens (including phenoxy) is 1. The molecule has 6 heteroatoms. The van der Waals surface area contributed by atoms with Gasteiger partial charge in [-0.1, -0.05) is 5.11 Å². The van der Waals surface area contributed by atoms with Crippen LogP contribution < -0.4 is 5.73 Å². The molecule has 6 nitrogen and oxygen atoms in total. The van der Waals surface area contributed by atoms with Crippen molar-refractivity contribution >= 4 is 5.97 Å². The van der Waals surface area contributed by atoms with E-state index in [1.807, 2.05) is 0 Å². The monoisotopic (exact) mass is 158 g/mol. The topological polar surface area (TPSA) is 101 Å². The van der Waals surface area contributed by atoms with E-state index in [4.69, 9.17) is 11.3 Å². The minimum Gasteiger partial charge on any atom is -0.469 e. The highest BCUT2D eigenvalue weighted by Gasteiger charge is 2.07. The average Bonchev–Trinajstić information content (AvgIpc) is 2.00. The van der Waals surface area contributed by atoms with Crippen LogP contribution in [0.2, 0.25) is 0 Å². The van der Waals surface area contributed by atoms with Crippen molar-refractivity contribution in [2.75, 3.05) is 13.7 Å². The highest BCUT2D eigenvalue weighted by Crippen LogP contribution is 1.91. The predicted octanol–water partition coefficient (Wildman–Crippen LogP) is 0.187. The van der Waals surface area contributed by atoms with Gasteiger partial charge in [-0.25, -0.2) is 0 Å². The molecule has 0 saturated carbocycles. The molecule has 0 aliphatic heterocycles. The molecule has 0 aromatic carbocycles. The van der Waals surface area contributed by atoms with E-state index in [0.717, 1.165) is 0 Å². The summed E-state index contributed by atoms with van der Waals surface area (Å²) in [5, 5.41) is 3.21. The zero-order valence-corrected chi connectivity index (χ0v) is 6.23. The summed E-state index contributed by atoms with van der Waals surface area (Å²) in [7, 11) is 1.28. The summed E-state index contributed by atoms with van der Waals surface area (Å²) in [6, 6.07) is -0.446. The first kappa shape index (κ1) is 9.74. The van der Waals surface area contributed by atoms with Gasteiger partial charge in [0.15, 0.2) is 0 Å². The lowest BCUT2D eigenvalue weighted by Crippen LogP contribution is -2.27. The van der Waals surface area contributed by atoms with Gasteiger partial charge in [0, 0.05) is 17.5 Å². The van der Waals surface area contributed by atoms with Crippen molar-refractivity contribution in [2.45, 2.75) is 12.5 Å². The van der Waals surface area contributed by atoms with Crippen molar-refractivity contribution in [1.82, 2.24) is 0 Å². The SMILES string of the molecule is COC(=O)C[C@H](N)CN=[N+]=[N-]. The molecule has 11 heavy (non-hydrogen) atoms. The van der Waals surface area contributed by atoms with E-state index in [1.54, 1.807) is 0 Å². The van der Waals surface area contributed by atoms with Crippen molar-refractivity contribution < 1.29 is 9.53 Å². The first-order valence-corrected chi connectivity index (χ1v) is 3.04. The van der Waals surface area contributed by atoms with E-state index >= 15 is 0 Å². The van der Waals surface area contributed by atoms with Gasteiger partial charge in [-0.05, 0) is 5.53 Å². The molecule has 0 amide bonds. The fraction of sp³-hybridized carbons (Fsp3) is 0.800.